The number of benzene rings is 1. The first-order chi connectivity index (χ1) is 13.3. The van der Waals surface area contributed by atoms with Gasteiger partial charge in [0.1, 0.15) is 5.56 Å². The molecule has 0 aliphatic heterocycles. The average Bonchev–Trinajstić information content (AvgIpc) is 3.47. The first kappa shape index (κ1) is 20.3. The first-order valence-electron chi connectivity index (χ1n) is 9.31. The number of nitrogens with zero attached hydrogens (tertiary/aromatic N) is 1. The fraction of sp³-hybridized carbons (Fsp3) is 0.500. The van der Waals surface area contributed by atoms with Gasteiger partial charge in [0.05, 0.1) is 30.7 Å². The van der Waals surface area contributed by atoms with Crippen molar-refractivity contribution >= 4 is 16.8 Å². The number of aliphatic hydroxyl groups excluding tert-OH is 1. The van der Waals surface area contributed by atoms with E-state index < -0.39 is 29.0 Å². The molecule has 6 nitrogen and oxygen atoms in total. The fourth-order valence-electron chi connectivity index (χ4n) is 3.43. The molecule has 2 N–H and O–H groups in total. The minimum Gasteiger partial charge on any atom is -0.491 e. The van der Waals surface area contributed by atoms with E-state index in [-0.39, 0.29) is 40.8 Å². The minimum absolute atomic E-state index is 0.0160. The van der Waals surface area contributed by atoms with Crippen molar-refractivity contribution in [2.75, 3.05) is 13.7 Å². The predicted molar refractivity (Wildman–Crippen MR) is 101 cm³/mol. The highest BCUT2D eigenvalue weighted by Crippen LogP contribution is 2.40. The molecule has 0 saturated heterocycles. The van der Waals surface area contributed by atoms with Gasteiger partial charge in [-0.1, -0.05) is 13.8 Å². The van der Waals surface area contributed by atoms with Crippen LogP contribution < -0.4 is 15.5 Å². The van der Waals surface area contributed by atoms with E-state index in [9.17, 15) is 23.5 Å². The summed E-state index contributed by atoms with van der Waals surface area (Å²) in [6, 6.07) is 0.289. The van der Waals surface area contributed by atoms with Crippen molar-refractivity contribution in [1.29, 1.82) is 0 Å². The molecule has 28 heavy (non-hydrogen) atoms. The average molecular weight is 394 g/mol. The summed E-state index contributed by atoms with van der Waals surface area (Å²) in [4.78, 5) is 25.6. The molecule has 1 saturated carbocycles. The lowest BCUT2D eigenvalue weighted by Crippen LogP contribution is -2.40. The van der Waals surface area contributed by atoms with Crippen LogP contribution >= 0.6 is 0 Å². The highest BCUT2D eigenvalue weighted by molar-refractivity contribution is 5.98. The van der Waals surface area contributed by atoms with Crippen LogP contribution in [0.3, 0.4) is 0 Å². The van der Waals surface area contributed by atoms with Crippen molar-refractivity contribution in [3.63, 3.8) is 0 Å². The molecule has 0 spiro atoms. The van der Waals surface area contributed by atoms with Gasteiger partial charge in [0.2, 0.25) is 11.2 Å². The van der Waals surface area contributed by atoms with Crippen LogP contribution in [0.25, 0.3) is 10.9 Å². The molecule has 1 aromatic heterocycles. The van der Waals surface area contributed by atoms with Gasteiger partial charge in [0.25, 0.3) is 5.91 Å². The summed E-state index contributed by atoms with van der Waals surface area (Å²) < 4.78 is 34.9. The van der Waals surface area contributed by atoms with E-state index >= 15 is 0 Å². The Hall–Kier alpha value is -2.48. The quantitative estimate of drug-likeness (QED) is 0.757. The number of nitrogens with one attached hydrogen (secondary N) is 1. The standard InChI is InChI=1S/C20H24F2N2O4/c1-10(2)6-11(9-25)23-20(27)14-8-24(12-4-5-12)17-13(18(14)26)7-15(21)16(22)19(17)28-3/h7-8,10-12,25H,4-6,9H2,1-3H3,(H,23,27)/t11-/m0/s1. The summed E-state index contributed by atoms with van der Waals surface area (Å²) in [5.74, 6) is -3.14. The lowest BCUT2D eigenvalue weighted by atomic mass is 10.0. The van der Waals surface area contributed by atoms with Crippen molar-refractivity contribution in [3.05, 3.63) is 39.7 Å². The molecule has 2 aromatic rings. The molecule has 3 rings (SSSR count). The van der Waals surface area contributed by atoms with Crippen LogP contribution in [-0.4, -0.2) is 35.3 Å². The van der Waals surface area contributed by atoms with Crippen LogP contribution in [-0.2, 0) is 0 Å². The summed E-state index contributed by atoms with van der Waals surface area (Å²) in [6.45, 7) is 3.64. The van der Waals surface area contributed by atoms with Crippen molar-refractivity contribution < 1.29 is 23.4 Å². The number of aromatic nitrogens is 1. The van der Waals surface area contributed by atoms with Gasteiger partial charge in [0, 0.05) is 12.2 Å². The summed E-state index contributed by atoms with van der Waals surface area (Å²) in [5, 5.41) is 12.0. The van der Waals surface area contributed by atoms with Gasteiger partial charge in [-0.25, -0.2) is 4.39 Å². The Balaban J connectivity index is 2.15. The molecule has 0 bridgehead atoms. The number of carbonyl (C=O) groups is 1. The van der Waals surface area contributed by atoms with Gasteiger partial charge in [-0.15, -0.1) is 0 Å². The molecule has 152 valence electrons. The zero-order valence-electron chi connectivity index (χ0n) is 16.1. The Bertz CT molecular complexity index is 967. The number of ether oxygens (including phenoxy) is 1. The third-order valence-corrected chi connectivity index (χ3v) is 4.87. The highest BCUT2D eigenvalue weighted by Gasteiger charge is 2.30. The third-order valence-electron chi connectivity index (χ3n) is 4.87. The van der Waals surface area contributed by atoms with E-state index in [4.69, 9.17) is 4.74 Å². The van der Waals surface area contributed by atoms with Crippen LogP contribution in [0.2, 0.25) is 0 Å². The van der Waals surface area contributed by atoms with Crippen LogP contribution in [0, 0.1) is 17.6 Å². The molecular formula is C20H24F2N2O4. The monoisotopic (exact) mass is 394 g/mol. The molecule has 0 unspecified atom stereocenters. The molecule has 1 aliphatic rings. The van der Waals surface area contributed by atoms with Crippen molar-refractivity contribution in [1.82, 2.24) is 9.88 Å². The SMILES string of the molecule is COc1c(F)c(F)cc2c(=O)c(C(=O)N[C@H](CO)CC(C)C)cn(C3CC3)c12. The van der Waals surface area contributed by atoms with Crippen molar-refractivity contribution in [2.45, 2.75) is 45.2 Å². The minimum atomic E-state index is -1.21. The number of rotatable bonds is 7. The Labute approximate surface area is 161 Å². The maximum absolute atomic E-state index is 14.2. The van der Waals surface area contributed by atoms with Gasteiger partial charge in [-0.2, -0.15) is 4.39 Å². The maximum atomic E-state index is 14.2. The van der Waals surface area contributed by atoms with E-state index in [1.807, 2.05) is 13.8 Å². The number of fused-ring (bicyclic) bond motifs is 1. The van der Waals surface area contributed by atoms with E-state index in [0.29, 0.717) is 6.42 Å². The van der Waals surface area contributed by atoms with Crippen LogP contribution in [0.5, 0.6) is 5.75 Å². The molecule has 8 heteroatoms. The molecule has 1 aliphatic carbocycles. The van der Waals surface area contributed by atoms with Crippen molar-refractivity contribution in [2.24, 2.45) is 5.92 Å². The normalized spacial score (nSPS) is 15.1. The Morgan fingerprint density at radius 1 is 1.39 bits per heavy atom. The molecule has 1 fully saturated rings. The number of methoxy groups -OCH3 is 1. The molecule has 1 heterocycles. The molecule has 0 radical (unpaired) electrons. The number of aliphatic hydroxyl groups is 1. The van der Waals surface area contributed by atoms with Crippen molar-refractivity contribution in [3.8, 4) is 5.75 Å². The Morgan fingerprint density at radius 3 is 2.61 bits per heavy atom. The highest BCUT2D eigenvalue weighted by atomic mass is 19.2. The number of carbonyl (C=O) groups excluding carboxylic acids is 1. The summed E-state index contributed by atoms with van der Waals surface area (Å²) >= 11 is 0. The smallest absolute Gasteiger partial charge is 0.257 e. The second-order valence-corrected chi connectivity index (χ2v) is 7.59. The number of amides is 1. The van der Waals surface area contributed by atoms with Crippen LogP contribution in [0.1, 0.15) is 49.5 Å². The largest absolute Gasteiger partial charge is 0.491 e. The predicted octanol–water partition coefficient (Wildman–Crippen LogP) is 2.76. The summed E-state index contributed by atoms with van der Waals surface area (Å²) in [5.41, 5.74) is -0.733. The molecule has 1 atom stereocenters. The van der Waals surface area contributed by atoms with Gasteiger partial charge < -0.3 is 19.7 Å². The summed E-state index contributed by atoms with van der Waals surface area (Å²) in [6.07, 6.45) is 3.52. The summed E-state index contributed by atoms with van der Waals surface area (Å²) in [7, 11) is 1.21. The van der Waals surface area contributed by atoms with Crippen LogP contribution in [0.4, 0.5) is 8.78 Å². The number of hydrogen-bond donors (Lipinski definition) is 2. The van der Waals surface area contributed by atoms with Gasteiger partial charge >= 0.3 is 0 Å². The molecule has 1 amide bonds. The second-order valence-electron chi connectivity index (χ2n) is 7.59. The zero-order valence-corrected chi connectivity index (χ0v) is 16.1. The maximum Gasteiger partial charge on any atom is 0.257 e. The third kappa shape index (κ3) is 3.73. The number of pyridine rings is 1. The van der Waals surface area contributed by atoms with Gasteiger partial charge in [-0.3, -0.25) is 9.59 Å². The lowest BCUT2D eigenvalue weighted by Gasteiger charge is -2.20. The second kappa shape index (κ2) is 7.87. The number of halogens is 2. The molecule has 1 aromatic carbocycles. The first-order valence-corrected chi connectivity index (χ1v) is 9.31. The Morgan fingerprint density at radius 2 is 2.07 bits per heavy atom. The molecular weight excluding hydrogens is 370 g/mol. The zero-order chi connectivity index (χ0) is 20.6. The van der Waals surface area contributed by atoms with E-state index in [1.165, 1.54) is 13.3 Å². The fourth-order valence-corrected chi connectivity index (χ4v) is 3.43. The van der Waals surface area contributed by atoms with E-state index in [1.54, 1.807) is 4.57 Å². The topological polar surface area (TPSA) is 80.6 Å². The Kier molecular flexibility index (Phi) is 5.69. The van der Waals surface area contributed by atoms with Gasteiger partial charge in [0.15, 0.2) is 11.6 Å². The van der Waals surface area contributed by atoms with Gasteiger partial charge in [-0.05, 0) is 31.2 Å². The number of hydrogen-bond acceptors (Lipinski definition) is 4. The van der Waals surface area contributed by atoms with Crippen LogP contribution in [0.15, 0.2) is 17.1 Å². The van der Waals surface area contributed by atoms with E-state index in [0.717, 1.165) is 18.9 Å². The lowest BCUT2D eigenvalue weighted by molar-refractivity contribution is 0.0906. The van der Waals surface area contributed by atoms with E-state index in [2.05, 4.69) is 5.32 Å².